The van der Waals surface area contributed by atoms with Crippen LogP contribution < -0.4 is 4.74 Å². The predicted molar refractivity (Wildman–Crippen MR) is 110 cm³/mol. The number of thioether (sulfide) groups is 1. The van der Waals surface area contributed by atoms with Gasteiger partial charge in [-0.15, -0.1) is 10.2 Å². The summed E-state index contributed by atoms with van der Waals surface area (Å²) in [6, 6.07) is 13.9. The third kappa shape index (κ3) is 5.01. The van der Waals surface area contributed by atoms with E-state index in [4.69, 9.17) is 9.15 Å². The van der Waals surface area contributed by atoms with Crippen molar-refractivity contribution in [1.29, 1.82) is 0 Å². The third-order valence-corrected chi connectivity index (χ3v) is 5.37. The minimum atomic E-state index is 0.0899. The molecule has 2 aromatic carbocycles. The molecule has 0 aliphatic heterocycles. The highest BCUT2D eigenvalue weighted by atomic mass is 32.2. The van der Waals surface area contributed by atoms with Gasteiger partial charge < -0.3 is 9.15 Å². The minimum Gasteiger partial charge on any atom is -0.497 e. The second-order valence-electron chi connectivity index (χ2n) is 6.40. The van der Waals surface area contributed by atoms with Gasteiger partial charge in [-0.05, 0) is 47.7 Å². The standard InChI is InChI=1S/C22H24N2O3S/c1-4-15-6-9-17(5-2)19(12-15)20(25)14-28-22-24-23-21(27-22)13-16-7-10-18(26-3)11-8-16/h6-12H,4-5,13-14H2,1-3H3. The third-order valence-electron chi connectivity index (χ3n) is 4.55. The first-order chi connectivity index (χ1) is 13.6. The van der Waals surface area contributed by atoms with Crippen LogP contribution >= 0.6 is 11.8 Å². The number of carbonyl (C=O) groups excluding carboxylic acids is 1. The van der Waals surface area contributed by atoms with E-state index in [0.717, 1.165) is 35.3 Å². The Bertz CT molecular complexity index is 935. The van der Waals surface area contributed by atoms with Crippen molar-refractivity contribution in [2.45, 2.75) is 38.3 Å². The molecule has 0 bridgehead atoms. The number of aromatic nitrogens is 2. The summed E-state index contributed by atoms with van der Waals surface area (Å²) in [4.78, 5) is 12.7. The molecule has 0 atom stereocenters. The molecule has 0 N–H and O–H groups in total. The summed E-state index contributed by atoms with van der Waals surface area (Å²) in [7, 11) is 1.64. The second kappa shape index (κ2) is 9.55. The lowest BCUT2D eigenvalue weighted by molar-refractivity contribution is 0.102. The van der Waals surface area contributed by atoms with Gasteiger partial charge in [0.15, 0.2) is 5.78 Å². The van der Waals surface area contributed by atoms with Gasteiger partial charge in [-0.25, -0.2) is 0 Å². The Morgan fingerprint density at radius 3 is 2.46 bits per heavy atom. The number of aryl methyl sites for hydroxylation is 2. The molecule has 0 saturated carbocycles. The SMILES string of the molecule is CCc1ccc(CC)c(C(=O)CSc2nnc(Cc3ccc(OC)cc3)o2)c1. The molecule has 0 spiro atoms. The van der Waals surface area contributed by atoms with Gasteiger partial charge in [-0.1, -0.05) is 49.9 Å². The summed E-state index contributed by atoms with van der Waals surface area (Å²) in [5, 5.41) is 8.56. The number of ether oxygens (including phenoxy) is 1. The Morgan fingerprint density at radius 2 is 1.79 bits per heavy atom. The number of rotatable bonds is 9. The highest BCUT2D eigenvalue weighted by molar-refractivity contribution is 7.99. The van der Waals surface area contributed by atoms with Gasteiger partial charge in [0, 0.05) is 5.56 Å². The summed E-state index contributed by atoms with van der Waals surface area (Å²) >= 11 is 1.28. The maximum Gasteiger partial charge on any atom is 0.277 e. The van der Waals surface area contributed by atoms with E-state index in [9.17, 15) is 4.79 Å². The van der Waals surface area contributed by atoms with Gasteiger partial charge in [0.1, 0.15) is 5.75 Å². The van der Waals surface area contributed by atoms with Crippen molar-refractivity contribution in [3.8, 4) is 5.75 Å². The van der Waals surface area contributed by atoms with Crippen LogP contribution in [0.1, 0.15) is 46.8 Å². The largest absolute Gasteiger partial charge is 0.497 e. The molecule has 0 fully saturated rings. The van der Waals surface area contributed by atoms with E-state index in [1.165, 1.54) is 17.3 Å². The predicted octanol–water partition coefficient (Wildman–Crippen LogP) is 4.77. The molecule has 0 radical (unpaired) electrons. The molecule has 1 aromatic heterocycles. The molecule has 28 heavy (non-hydrogen) atoms. The summed E-state index contributed by atoms with van der Waals surface area (Å²) in [6.07, 6.45) is 2.29. The molecule has 3 rings (SSSR count). The van der Waals surface area contributed by atoms with Crippen molar-refractivity contribution in [3.63, 3.8) is 0 Å². The lowest BCUT2D eigenvalue weighted by Gasteiger charge is -2.08. The van der Waals surface area contributed by atoms with Crippen LogP contribution in [0.25, 0.3) is 0 Å². The first-order valence-electron chi connectivity index (χ1n) is 9.36. The van der Waals surface area contributed by atoms with E-state index in [0.29, 0.717) is 17.5 Å². The number of hydrogen-bond donors (Lipinski definition) is 0. The molecule has 1 heterocycles. The normalized spacial score (nSPS) is 10.8. The molecule has 0 amide bonds. The average molecular weight is 397 g/mol. The molecule has 5 nitrogen and oxygen atoms in total. The van der Waals surface area contributed by atoms with Gasteiger partial charge in [-0.2, -0.15) is 0 Å². The van der Waals surface area contributed by atoms with Crippen LogP contribution in [0.4, 0.5) is 0 Å². The Morgan fingerprint density at radius 1 is 1.04 bits per heavy atom. The number of carbonyl (C=O) groups is 1. The van der Waals surface area contributed by atoms with Gasteiger partial charge in [0.05, 0.1) is 19.3 Å². The fourth-order valence-electron chi connectivity index (χ4n) is 2.90. The molecule has 6 heteroatoms. The lowest BCUT2D eigenvalue weighted by atomic mass is 9.98. The molecule has 3 aromatic rings. The zero-order valence-corrected chi connectivity index (χ0v) is 17.2. The highest BCUT2D eigenvalue weighted by Gasteiger charge is 2.15. The fourth-order valence-corrected chi connectivity index (χ4v) is 3.57. The number of methoxy groups -OCH3 is 1. The molecule has 0 unspecified atom stereocenters. The minimum absolute atomic E-state index is 0.0899. The fraction of sp³-hybridized carbons (Fsp3) is 0.318. The van der Waals surface area contributed by atoms with Crippen LogP contribution in [0.15, 0.2) is 52.1 Å². The molecule has 146 valence electrons. The van der Waals surface area contributed by atoms with Gasteiger partial charge in [-0.3, -0.25) is 4.79 Å². The van der Waals surface area contributed by atoms with Crippen LogP contribution in [-0.2, 0) is 19.3 Å². The van der Waals surface area contributed by atoms with Crippen LogP contribution in [0, 0.1) is 0 Å². The number of ketones is 1. The highest BCUT2D eigenvalue weighted by Crippen LogP contribution is 2.22. The van der Waals surface area contributed by atoms with Crippen LogP contribution in [0.5, 0.6) is 5.75 Å². The van der Waals surface area contributed by atoms with Crippen LogP contribution in [-0.4, -0.2) is 28.8 Å². The lowest BCUT2D eigenvalue weighted by Crippen LogP contribution is -2.07. The van der Waals surface area contributed by atoms with Crippen LogP contribution in [0.3, 0.4) is 0 Å². The number of hydrogen-bond acceptors (Lipinski definition) is 6. The van der Waals surface area contributed by atoms with Crippen molar-refractivity contribution >= 4 is 17.5 Å². The summed E-state index contributed by atoms with van der Waals surface area (Å²) < 4.78 is 10.8. The van der Waals surface area contributed by atoms with Crippen molar-refractivity contribution in [1.82, 2.24) is 10.2 Å². The zero-order chi connectivity index (χ0) is 19.9. The Hall–Kier alpha value is -2.60. The molecule has 0 saturated heterocycles. The van der Waals surface area contributed by atoms with Gasteiger partial charge in [0.2, 0.25) is 5.89 Å². The quantitative estimate of drug-likeness (QED) is 0.383. The average Bonchev–Trinajstić information content (AvgIpc) is 3.19. The molecule has 0 aliphatic carbocycles. The van der Waals surface area contributed by atoms with E-state index in [1.807, 2.05) is 30.3 Å². The molecule has 0 aliphatic rings. The van der Waals surface area contributed by atoms with E-state index < -0.39 is 0 Å². The van der Waals surface area contributed by atoms with E-state index in [1.54, 1.807) is 7.11 Å². The van der Waals surface area contributed by atoms with E-state index in [-0.39, 0.29) is 11.5 Å². The Balaban J connectivity index is 1.61. The Kier molecular flexibility index (Phi) is 6.87. The van der Waals surface area contributed by atoms with Crippen molar-refractivity contribution < 1.29 is 13.9 Å². The van der Waals surface area contributed by atoms with Gasteiger partial charge >= 0.3 is 0 Å². The first-order valence-corrected chi connectivity index (χ1v) is 10.3. The summed E-state index contributed by atoms with van der Waals surface area (Å²) in [5.41, 5.74) is 4.10. The summed E-state index contributed by atoms with van der Waals surface area (Å²) in [6.45, 7) is 4.15. The van der Waals surface area contributed by atoms with E-state index in [2.05, 4.69) is 36.2 Å². The van der Waals surface area contributed by atoms with Crippen molar-refractivity contribution in [3.05, 3.63) is 70.6 Å². The first kappa shape index (κ1) is 20.1. The topological polar surface area (TPSA) is 65.2 Å². The molecular formula is C22H24N2O3S. The maximum absolute atomic E-state index is 12.7. The Labute approximate surface area is 169 Å². The van der Waals surface area contributed by atoms with Crippen molar-refractivity contribution in [2.75, 3.05) is 12.9 Å². The van der Waals surface area contributed by atoms with Gasteiger partial charge in [0.25, 0.3) is 5.22 Å². The monoisotopic (exact) mass is 396 g/mol. The number of nitrogens with zero attached hydrogens (tertiary/aromatic N) is 2. The second-order valence-corrected chi connectivity index (χ2v) is 7.32. The van der Waals surface area contributed by atoms with Crippen molar-refractivity contribution in [2.24, 2.45) is 0 Å². The number of benzene rings is 2. The van der Waals surface area contributed by atoms with E-state index >= 15 is 0 Å². The number of Topliss-reactive ketones (excluding diaryl/α,β-unsaturated/α-hetero) is 1. The van der Waals surface area contributed by atoms with Crippen LogP contribution in [0.2, 0.25) is 0 Å². The molecular weight excluding hydrogens is 372 g/mol. The zero-order valence-electron chi connectivity index (χ0n) is 16.4. The summed E-state index contributed by atoms with van der Waals surface area (Å²) in [5.74, 6) is 1.71. The smallest absolute Gasteiger partial charge is 0.277 e. The maximum atomic E-state index is 12.7.